The van der Waals surface area contributed by atoms with Gasteiger partial charge in [0.25, 0.3) is 0 Å². The highest BCUT2D eigenvalue weighted by Gasteiger charge is 2.36. The molecule has 59 heavy (non-hydrogen) atoms. The number of hydrogen-bond donors (Lipinski definition) is 0. The van der Waals surface area contributed by atoms with Gasteiger partial charge in [-0.2, -0.15) is 0 Å². The lowest BCUT2D eigenvalue weighted by Gasteiger charge is -2.23. The van der Waals surface area contributed by atoms with E-state index >= 15 is 0 Å². The molecule has 1 aliphatic carbocycles. The number of hydrogen-bond acceptors (Lipinski definition) is 0. The lowest BCUT2D eigenvalue weighted by Crippen LogP contribution is -2.15. The second kappa shape index (κ2) is 11.9. The van der Waals surface area contributed by atoms with E-state index in [2.05, 4.69) is 44.2 Å². The Morgan fingerprint density at radius 2 is 0.729 bits per heavy atom. The fraction of sp³-hybridized carbons (Fsp3) is 0.0508. The van der Waals surface area contributed by atoms with Crippen LogP contribution in [0.25, 0.3) is 120 Å². The topological polar surface area (TPSA) is 0 Å². The number of rotatable bonds is 4. The van der Waals surface area contributed by atoms with E-state index in [4.69, 9.17) is 11.0 Å². The minimum atomic E-state index is -0.605. The molecule has 0 heterocycles. The Labute approximate surface area is 368 Å². The summed E-state index contributed by atoms with van der Waals surface area (Å²) in [7, 11) is 0. The van der Waals surface area contributed by atoms with E-state index < -0.39 is 114 Å². The lowest BCUT2D eigenvalue weighted by atomic mass is 9.80. The third-order valence-electron chi connectivity index (χ3n) is 12.3. The van der Waals surface area contributed by atoms with Crippen LogP contribution in [0.5, 0.6) is 0 Å². The van der Waals surface area contributed by atoms with Gasteiger partial charge in [0.1, 0.15) is 0 Å². The average molecular weight is 765 g/mol. The van der Waals surface area contributed by atoms with Crippen LogP contribution in [0.3, 0.4) is 0 Å². The van der Waals surface area contributed by atoms with Crippen molar-refractivity contribution in [1.29, 1.82) is 0 Å². The molecule has 0 heteroatoms. The third kappa shape index (κ3) is 4.66. The van der Waals surface area contributed by atoms with Crippen molar-refractivity contribution in [3.63, 3.8) is 0 Å². The van der Waals surface area contributed by atoms with Gasteiger partial charge < -0.3 is 0 Å². The molecule has 0 unspecified atom stereocenters. The molecule has 0 atom stereocenters. The molecule has 0 radical (unpaired) electrons. The van der Waals surface area contributed by atoms with E-state index in [0.717, 1.165) is 33.4 Å². The first-order valence-corrected chi connectivity index (χ1v) is 19.4. The molecule has 12 aromatic rings. The predicted octanol–water partition coefficient (Wildman–Crippen LogP) is 16.5. The minimum Gasteiger partial charge on any atom is -0.0622 e. The van der Waals surface area contributed by atoms with E-state index in [-0.39, 0.29) is 86.9 Å². The van der Waals surface area contributed by atoms with Crippen LogP contribution in [0.4, 0.5) is 0 Å². The zero-order valence-electron chi connectivity index (χ0n) is 49.6. The summed E-state index contributed by atoms with van der Waals surface area (Å²) in [5.41, 5.74) is 6.83. The maximum atomic E-state index is 9.78. The van der Waals surface area contributed by atoms with E-state index in [1.807, 2.05) is 36.4 Å². The summed E-state index contributed by atoms with van der Waals surface area (Å²) in [6.07, 6.45) is 0. The zero-order valence-corrected chi connectivity index (χ0v) is 31.6. The summed E-state index contributed by atoms with van der Waals surface area (Å²) in [5.74, 6) is 0. The highest BCUT2D eigenvalue weighted by atomic mass is 14.4. The molecule has 0 nitrogen and oxygen atoms in total. The summed E-state index contributed by atoms with van der Waals surface area (Å²) in [4.78, 5) is 0. The van der Waals surface area contributed by atoms with Crippen LogP contribution in [-0.2, 0) is 5.41 Å². The largest absolute Gasteiger partial charge is 0.0630 e. The van der Waals surface area contributed by atoms with Crippen molar-refractivity contribution in [1.82, 2.24) is 0 Å². The molecule has 0 spiro atoms. The lowest BCUT2D eigenvalue weighted by molar-refractivity contribution is 0.661. The smallest absolute Gasteiger partial charge is 0.0622 e. The van der Waals surface area contributed by atoms with Crippen molar-refractivity contribution in [3.05, 3.63) is 205 Å². The standard InChI is InChI=1S/C59H38/c1-59(2)53-33-42(35-8-4-3-5-9-35)22-26-49(53)50-27-23-43(34-54(50)59)44-30-45(47-24-18-40-16-14-36-10-6-12-38-20-28-51(47)57(40)55(36)38)32-46(31-44)48-25-19-41-17-15-37-11-7-13-39-21-29-52(48)58(41)56(37)39/h3-34H,1-2H3/i6D,7D,10D,11D,12D,13D,14D,15D,16D,17D,18D,19D,20D,21D,24D,25D,28D,29D. The van der Waals surface area contributed by atoms with Crippen molar-refractivity contribution in [2.75, 3.05) is 0 Å². The van der Waals surface area contributed by atoms with E-state index in [9.17, 15) is 13.7 Å². The Morgan fingerprint density at radius 3 is 1.22 bits per heavy atom. The first-order chi connectivity index (χ1) is 36.5. The van der Waals surface area contributed by atoms with Crippen molar-refractivity contribution < 1.29 is 24.7 Å². The van der Waals surface area contributed by atoms with Crippen LogP contribution >= 0.6 is 0 Å². The van der Waals surface area contributed by atoms with E-state index in [0.29, 0.717) is 11.1 Å². The van der Waals surface area contributed by atoms with Crippen molar-refractivity contribution in [2.45, 2.75) is 19.3 Å². The summed E-state index contributed by atoms with van der Waals surface area (Å²) in [5, 5.41) is -1.61. The summed E-state index contributed by atoms with van der Waals surface area (Å²) >= 11 is 0. The summed E-state index contributed by atoms with van der Waals surface area (Å²) < 4.78 is 166. The zero-order chi connectivity index (χ0) is 54.6. The predicted molar refractivity (Wildman–Crippen MR) is 253 cm³/mol. The molecule has 13 rings (SSSR count). The molecule has 274 valence electrons. The van der Waals surface area contributed by atoms with Crippen molar-refractivity contribution >= 4 is 64.6 Å². The van der Waals surface area contributed by atoms with Crippen LogP contribution in [0, 0.1) is 0 Å². The molecule has 12 aromatic carbocycles. The van der Waals surface area contributed by atoms with Gasteiger partial charge >= 0.3 is 0 Å². The second-order valence-electron chi connectivity index (χ2n) is 15.8. The molecule has 0 saturated carbocycles. The molecule has 0 fully saturated rings. The van der Waals surface area contributed by atoms with Gasteiger partial charge in [0.05, 0.1) is 24.7 Å². The Morgan fingerprint density at radius 1 is 0.322 bits per heavy atom. The van der Waals surface area contributed by atoms with Gasteiger partial charge in [0.15, 0.2) is 0 Å². The van der Waals surface area contributed by atoms with Crippen LogP contribution in [0.2, 0.25) is 0 Å². The van der Waals surface area contributed by atoms with E-state index in [1.54, 1.807) is 12.1 Å². The van der Waals surface area contributed by atoms with E-state index in [1.165, 1.54) is 6.07 Å². The Balaban J connectivity index is 1.18. The highest BCUT2D eigenvalue weighted by Crippen LogP contribution is 2.51. The molecule has 0 N–H and O–H groups in total. The van der Waals surface area contributed by atoms with Gasteiger partial charge in [-0.1, -0.05) is 177 Å². The SMILES string of the molecule is [2H]c1c([2H])c2c([2H])c([2H])c3c([2H])c([2H])c(-c4cc(-c5ccc6c(c5)C(C)(C)c5cc(-c7ccccc7)ccc5-6)cc(-c5c([2H])c([2H])c6c([2H])c([2H])c7c([2H])c([2H])c([2H])c8c([2H])c([2H])c5c6c78)c4)c4c([2H])c([2H])c(c1[2H])c2c34. The summed E-state index contributed by atoms with van der Waals surface area (Å²) in [6.45, 7) is 4.27. The van der Waals surface area contributed by atoms with Gasteiger partial charge in [-0.15, -0.1) is 0 Å². The molecule has 0 amide bonds. The normalized spacial score (nSPS) is 17.7. The van der Waals surface area contributed by atoms with Crippen LogP contribution in [0.15, 0.2) is 194 Å². The molecular formula is C59H38. The second-order valence-corrected chi connectivity index (χ2v) is 15.8. The number of fused-ring (bicyclic) bond motifs is 3. The average Bonchev–Trinajstić information content (AvgIpc) is 3.87. The first-order valence-electron chi connectivity index (χ1n) is 28.4. The molecule has 1 aliphatic rings. The van der Waals surface area contributed by atoms with Crippen molar-refractivity contribution in [2.24, 2.45) is 0 Å². The Bertz CT molecular complexity index is 4460. The van der Waals surface area contributed by atoms with Gasteiger partial charge in [-0.05, 0) is 162 Å². The van der Waals surface area contributed by atoms with Gasteiger partial charge in [0.2, 0.25) is 0 Å². The van der Waals surface area contributed by atoms with Crippen LogP contribution < -0.4 is 0 Å². The molecule has 0 bridgehead atoms. The van der Waals surface area contributed by atoms with Gasteiger partial charge in [-0.3, -0.25) is 0 Å². The maximum absolute atomic E-state index is 9.78. The fourth-order valence-electron chi connectivity index (χ4n) is 9.37. The Kier molecular flexibility index (Phi) is 4.01. The molecular weight excluding hydrogens is 709 g/mol. The fourth-order valence-corrected chi connectivity index (χ4v) is 9.37. The molecule has 0 saturated heterocycles. The van der Waals surface area contributed by atoms with Crippen LogP contribution in [-0.4, -0.2) is 0 Å². The maximum Gasteiger partial charge on any atom is 0.0630 e. The monoisotopic (exact) mass is 764 g/mol. The third-order valence-corrected chi connectivity index (χ3v) is 12.3. The first kappa shape index (κ1) is 19.9. The van der Waals surface area contributed by atoms with Crippen molar-refractivity contribution in [3.8, 4) is 55.6 Å². The summed E-state index contributed by atoms with van der Waals surface area (Å²) in [6, 6.07) is 17.7. The molecule has 0 aliphatic heterocycles. The quantitative estimate of drug-likeness (QED) is 0.157. The Hall–Kier alpha value is -7.28. The van der Waals surface area contributed by atoms with Gasteiger partial charge in [0, 0.05) is 5.41 Å². The number of benzene rings is 12. The minimum absolute atomic E-state index is 0.0150. The van der Waals surface area contributed by atoms with Gasteiger partial charge in [-0.25, -0.2) is 0 Å². The molecule has 0 aromatic heterocycles. The van der Waals surface area contributed by atoms with Crippen LogP contribution in [0.1, 0.15) is 49.6 Å². The highest BCUT2D eigenvalue weighted by molar-refractivity contribution is 6.27.